The number of carbonyl (C=O) groups excluding carboxylic acids is 4. The summed E-state index contributed by atoms with van der Waals surface area (Å²) >= 11 is 2.74. The van der Waals surface area contributed by atoms with Crippen molar-refractivity contribution in [3.05, 3.63) is 47.5 Å². The molecule has 0 unspecified atom stereocenters. The fraction of sp³-hybridized carbons (Fsp3) is 0.231. The first-order valence-corrected chi connectivity index (χ1v) is 13.8. The number of anilines is 2. The number of aromatic nitrogens is 2. The minimum absolute atomic E-state index is 0. The number of aryl methyl sites for hydroxylation is 2. The van der Waals surface area contributed by atoms with Gasteiger partial charge in [-0.1, -0.05) is 34.8 Å². The number of ether oxygens (including phenoxy) is 4. The molecular weight excluding hydrogens is 647 g/mol. The zero-order chi connectivity index (χ0) is 30.0. The quantitative estimate of drug-likeness (QED) is 0.238. The minimum Gasteiger partial charge on any atom is -0.423 e. The second-order valence-corrected chi connectivity index (χ2v) is 11.3. The number of carbonyl (C=O) groups is 4. The maximum Gasteiger partial charge on any atom is 2.00 e. The van der Waals surface area contributed by atoms with E-state index in [2.05, 4.69) is 40.5 Å². The van der Waals surface area contributed by atoms with Gasteiger partial charge in [0.2, 0.25) is 17.1 Å². The van der Waals surface area contributed by atoms with E-state index < -0.39 is 41.1 Å². The van der Waals surface area contributed by atoms with Crippen LogP contribution in [0.5, 0.6) is 0 Å². The van der Waals surface area contributed by atoms with Crippen LogP contribution >= 0.6 is 22.7 Å². The van der Waals surface area contributed by atoms with E-state index in [4.69, 9.17) is 9.47 Å². The Balaban J connectivity index is 0.000000193. The monoisotopic (exact) mass is 669 g/mol. The smallest absolute Gasteiger partial charge is 0.423 e. The van der Waals surface area contributed by atoms with Crippen LogP contribution in [-0.2, 0) is 54.9 Å². The molecule has 2 aromatic heterocycles. The third-order valence-corrected chi connectivity index (χ3v) is 7.29. The number of hydrogen-bond acceptors (Lipinski definition) is 16. The molecule has 0 bridgehead atoms. The Morgan fingerprint density at radius 1 is 0.721 bits per heavy atom. The summed E-state index contributed by atoms with van der Waals surface area (Å²) in [6.07, 6.45) is 0. The Hall–Kier alpha value is -4.45. The molecule has 4 heterocycles. The summed E-state index contributed by atoms with van der Waals surface area (Å²) in [6.45, 7) is 6.55. The first-order valence-electron chi connectivity index (χ1n) is 12.2. The molecule has 223 valence electrons. The predicted molar refractivity (Wildman–Crippen MR) is 154 cm³/mol. The van der Waals surface area contributed by atoms with Crippen molar-refractivity contribution in [2.24, 2.45) is 10.2 Å². The normalized spacial score (nSPS) is 15.7. The Morgan fingerprint density at radius 3 is 1.58 bits per heavy atom. The molecule has 0 aliphatic carbocycles. The van der Waals surface area contributed by atoms with Crippen molar-refractivity contribution in [1.29, 1.82) is 0 Å². The number of thiazole rings is 2. The van der Waals surface area contributed by atoms with Crippen LogP contribution in [0.4, 0.5) is 10.3 Å². The van der Waals surface area contributed by atoms with Gasteiger partial charge >= 0.3 is 40.7 Å². The van der Waals surface area contributed by atoms with Crippen molar-refractivity contribution in [3.8, 4) is 0 Å². The molecule has 1 radical (unpaired) electrons. The number of hydrazone groups is 2. The fourth-order valence-electron chi connectivity index (χ4n) is 3.55. The molecule has 43 heavy (non-hydrogen) atoms. The molecule has 0 amide bonds. The van der Waals surface area contributed by atoms with Gasteiger partial charge in [0.15, 0.2) is 0 Å². The van der Waals surface area contributed by atoms with E-state index in [0.717, 1.165) is 31.6 Å². The second kappa shape index (κ2) is 12.8. The third kappa shape index (κ3) is 7.50. The summed E-state index contributed by atoms with van der Waals surface area (Å²) in [4.78, 5) is 54.8. The zero-order valence-corrected chi connectivity index (χ0v) is 25.5. The van der Waals surface area contributed by atoms with Crippen LogP contribution in [0.15, 0.2) is 46.6 Å². The van der Waals surface area contributed by atoms with Gasteiger partial charge in [0, 0.05) is 13.8 Å². The summed E-state index contributed by atoms with van der Waals surface area (Å²) in [7, 11) is 0. The molecule has 17 heteroatoms. The van der Waals surface area contributed by atoms with Crippen LogP contribution < -0.4 is 10.9 Å². The van der Waals surface area contributed by atoms with Crippen molar-refractivity contribution < 1.29 is 54.9 Å². The molecule has 0 spiro atoms. The first-order chi connectivity index (χ1) is 20.0. The molecule has 2 N–H and O–H groups in total. The van der Waals surface area contributed by atoms with Crippen LogP contribution in [0.25, 0.3) is 20.4 Å². The number of nitrogens with zero attached hydrogens (tertiary/aromatic N) is 4. The molecule has 2 saturated heterocycles. The van der Waals surface area contributed by atoms with E-state index in [1.807, 2.05) is 50.2 Å². The van der Waals surface area contributed by atoms with E-state index in [1.165, 1.54) is 36.5 Å². The molecule has 6 rings (SSSR count). The second-order valence-electron chi connectivity index (χ2n) is 9.29. The average molecular weight is 670 g/mol. The van der Waals surface area contributed by atoms with Crippen LogP contribution in [0, 0.1) is 13.8 Å². The van der Waals surface area contributed by atoms with Gasteiger partial charge in [-0.3, -0.25) is 10.9 Å². The molecular formula is C26H22CoN6O8S2+2. The topological polar surface area (TPSA) is 180 Å². The van der Waals surface area contributed by atoms with Gasteiger partial charge in [0.05, 0.1) is 20.4 Å². The van der Waals surface area contributed by atoms with Gasteiger partial charge in [-0.25, -0.2) is 29.1 Å². The third-order valence-electron chi connectivity index (χ3n) is 5.44. The SMILES string of the molecule is Cc1ccc2nc(NN=C3C(=O)OC(C)(C)OC3=O)sc2c1.Cc1ccc2nc(NN=C3C(=O)OCOC3=O)sc2c1.[Co+2]. The minimum atomic E-state index is -1.28. The molecule has 2 aromatic carbocycles. The van der Waals surface area contributed by atoms with E-state index >= 15 is 0 Å². The molecule has 2 fully saturated rings. The van der Waals surface area contributed by atoms with E-state index in [0.29, 0.717) is 10.3 Å². The summed E-state index contributed by atoms with van der Waals surface area (Å²) in [5.74, 6) is -4.56. The van der Waals surface area contributed by atoms with E-state index in [1.54, 1.807) is 0 Å². The van der Waals surface area contributed by atoms with Crippen molar-refractivity contribution in [2.75, 3.05) is 17.6 Å². The maximum absolute atomic E-state index is 11.7. The number of cyclic esters (lactones) is 4. The largest absolute Gasteiger partial charge is 2.00 e. The fourth-order valence-corrected chi connectivity index (χ4v) is 5.37. The summed E-state index contributed by atoms with van der Waals surface area (Å²) in [5, 5.41) is 8.41. The van der Waals surface area contributed by atoms with Crippen molar-refractivity contribution in [1.82, 2.24) is 9.97 Å². The zero-order valence-electron chi connectivity index (χ0n) is 22.9. The Morgan fingerprint density at radius 2 is 1.14 bits per heavy atom. The van der Waals surface area contributed by atoms with Crippen LogP contribution in [0.2, 0.25) is 0 Å². The van der Waals surface area contributed by atoms with Gasteiger partial charge < -0.3 is 18.9 Å². The first kappa shape index (κ1) is 31.5. The summed E-state index contributed by atoms with van der Waals surface area (Å²) < 4.78 is 21.0. The van der Waals surface area contributed by atoms with Gasteiger partial charge in [-0.05, 0) is 49.2 Å². The van der Waals surface area contributed by atoms with Gasteiger partial charge in [-0.15, -0.1) is 0 Å². The Bertz CT molecular complexity index is 1780. The molecule has 2 aliphatic heterocycles. The number of hydrogen-bond donors (Lipinski definition) is 2. The number of rotatable bonds is 4. The van der Waals surface area contributed by atoms with Gasteiger partial charge in [-0.2, -0.15) is 10.2 Å². The van der Waals surface area contributed by atoms with Crippen LogP contribution in [-0.4, -0.2) is 57.8 Å². The molecule has 4 aromatic rings. The average Bonchev–Trinajstić information content (AvgIpc) is 3.50. The molecule has 2 aliphatic rings. The molecule has 0 atom stereocenters. The molecule has 14 nitrogen and oxygen atoms in total. The Kier molecular flexibility index (Phi) is 9.39. The maximum atomic E-state index is 11.7. The predicted octanol–water partition coefficient (Wildman–Crippen LogP) is 3.64. The number of esters is 4. The van der Waals surface area contributed by atoms with Crippen molar-refractivity contribution >= 4 is 88.7 Å². The summed E-state index contributed by atoms with van der Waals surface area (Å²) in [5.41, 5.74) is 8.20. The number of fused-ring (bicyclic) bond motifs is 2. The van der Waals surface area contributed by atoms with E-state index in [-0.39, 0.29) is 23.6 Å². The number of benzene rings is 2. The standard InChI is InChI=1S/C14H13N3O4S.C12H9N3O4S.Co/c1-7-4-5-8-9(6-7)22-13(15-8)17-16-10-11(18)20-14(2,3)21-12(10)19;1-6-2-3-7-8(4-6)20-12(13-7)15-14-9-10(16)18-5-19-11(9)17;/h4-6H,1-3H3,(H,15,17);2-4H,5H2,1H3,(H,13,15);/q;;+2. The van der Waals surface area contributed by atoms with Gasteiger partial charge in [0.1, 0.15) is 0 Å². The van der Waals surface area contributed by atoms with Crippen LogP contribution in [0.1, 0.15) is 25.0 Å². The van der Waals surface area contributed by atoms with Crippen LogP contribution in [0.3, 0.4) is 0 Å². The number of nitrogens with one attached hydrogen (secondary N) is 2. The Labute approximate surface area is 261 Å². The summed E-state index contributed by atoms with van der Waals surface area (Å²) in [6, 6.07) is 11.7. The van der Waals surface area contributed by atoms with Crippen molar-refractivity contribution in [2.45, 2.75) is 33.5 Å². The molecule has 0 saturated carbocycles. The van der Waals surface area contributed by atoms with Crippen molar-refractivity contribution in [3.63, 3.8) is 0 Å². The van der Waals surface area contributed by atoms with Gasteiger partial charge in [0.25, 0.3) is 17.2 Å². The van der Waals surface area contributed by atoms with E-state index in [9.17, 15) is 19.2 Å².